The van der Waals surface area contributed by atoms with Crippen molar-refractivity contribution >= 4 is 5.91 Å². The van der Waals surface area contributed by atoms with E-state index >= 15 is 0 Å². The average molecular weight is 264 g/mol. The first-order valence-corrected chi connectivity index (χ1v) is 5.15. The van der Waals surface area contributed by atoms with Crippen LogP contribution in [0.2, 0.25) is 0 Å². The standard InChI is InChI=1S/C11H12F4N2O/c12-9-3-1-8(2-4-9)10(18)17(6-5-16)7-11(13,14)15/h1-4H,5-7,16H2. The largest absolute Gasteiger partial charge is 0.406 e. The number of hydrogen-bond acceptors (Lipinski definition) is 2. The van der Waals surface area contributed by atoms with E-state index in [1.165, 1.54) is 0 Å². The summed E-state index contributed by atoms with van der Waals surface area (Å²) in [6.45, 7) is -1.67. The Morgan fingerprint density at radius 1 is 1.22 bits per heavy atom. The molecule has 1 amide bonds. The summed E-state index contributed by atoms with van der Waals surface area (Å²) in [6, 6.07) is 4.30. The van der Waals surface area contributed by atoms with E-state index in [1.807, 2.05) is 0 Å². The lowest BCUT2D eigenvalue weighted by Gasteiger charge is -2.23. The minimum Gasteiger partial charge on any atom is -0.329 e. The van der Waals surface area contributed by atoms with Crippen molar-refractivity contribution in [1.29, 1.82) is 0 Å². The molecule has 7 heteroatoms. The highest BCUT2D eigenvalue weighted by molar-refractivity contribution is 5.94. The first kappa shape index (κ1) is 14.4. The lowest BCUT2D eigenvalue weighted by atomic mass is 10.2. The molecule has 100 valence electrons. The Hall–Kier alpha value is -1.63. The Morgan fingerprint density at radius 3 is 2.22 bits per heavy atom. The van der Waals surface area contributed by atoms with Gasteiger partial charge in [-0.3, -0.25) is 4.79 Å². The molecule has 0 saturated heterocycles. The third-order valence-corrected chi connectivity index (χ3v) is 2.15. The molecule has 0 unspecified atom stereocenters. The Kier molecular flexibility index (Phi) is 4.66. The van der Waals surface area contributed by atoms with Gasteiger partial charge in [-0.15, -0.1) is 0 Å². The Morgan fingerprint density at radius 2 is 1.78 bits per heavy atom. The van der Waals surface area contributed by atoms with Crippen molar-refractivity contribution in [2.75, 3.05) is 19.6 Å². The molecule has 0 bridgehead atoms. The van der Waals surface area contributed by atoms with Crippen LogP contribution in [0, 0.1) is 5.82 Å². The van der Waals surface area contributed by atoms with Gasteiger partial charge in [0.15, 0.2) is 0 Å². The fourth-order valence-electron chi connectivity index (χ4n) is 1.40. The number of hydrogen-bond donors (Lipinski definition) is 1. The van der Waals surface area contributed by atoms with Crippen LogP contribution in [-0.2, 0) is 0 Å². The molecule has 1 aromatic carbocycles. The normalized spacial score (nSPS) is 11.4. The number of nitrogens with zero attached hydrogens (tertiary/aromatic N) is 1. The lowest BCUT2D eigenvalue weighted by Crippen LogP contribution is -2.41. The van der Waals surface area contributed by atoms with Gasteiger partial charge in [-0.25, -0.2) is 4.39 Å². The molecule has 0 atom stereocenters. The van der Waals surface area contributed by atoms with E-state index in [0.29, 0.717) is 4.90 Å². The minimum absolute atomic E-state index is 0.00546. The van der Waals surface area contributed by atoms with Gasteiger partial charge in [0.25, 0.3) is 5.91 Å². The van der Waals surface area contributed by atoms with Crippen LogP contribution in [0.4, 0.5) is 17.6 Å². The summed E-state index contributed by atoms with van der Waals surface area (Å²) in [4.78, 5) is 12.4. The molecule has 0 saturated carbocycles. The molecule has 3 nitrogen and oxygen atoms in total. The maximum atomic E-state index is 12.6. The number of alkyl halides is 3. The van der Waals surface area contributed by atoms with Gasteiger partial charge in [-0.1, -0.05) is 0 Å². The SMILES string of the molecule is NCCN(CC(F)(F)F)C(=O)c1ccc(F)cc1. The van der Waals surface area contributed by atoms with Gasteiger partial charge in [0.2, 0.25) is 0 Å². The monoisotopic (exact) mass is 264 g/mol. The number of carbonyl (C=O) groups is 1. The summed E-state index contributed by atoms with van der Waals surface area (Å²) in [5.74, 6) is -1.38. The third-order valence-electron chi connectivity index (χ3n) is 2.15. The smallest absolute Gasteiger partial charge is 0.329 e. The van der Waals surface area contributed by atoms with E-state index in [4.69, 9.17) is 5.73 Å². The molecule has 0 spiro atoms. The van der Waals surface area contributed by atoms with Crippen LogP contribution in [0.25, 0.3) is 0 Å². The zero-order valence-electron chi connectivity index (χ0n) is 9.38. The van der Waals surface area contributed by atoms with E-state index in [9.17, 15) is 22.4 Å². The first-order valence-electron chi connectivity index (χ1n) is 5.15. The number of halogens is 4. The van der Waals surface area contributed by atoms with Gasteiger partial charge in [0.1, 0.15) is 12.4 Å². The van der Waals surface area contributed by atoms with Crippen LogP contribution < -0.4 is 5.73 Å². The van der Waals surface area contributed by atoms with Gasteiger partial charge >= 0.3 is 6.18 Å². The van der Waals surface area contributed by atoms with Crippen molar-refractivity contribution in [2.24, 2.45) is 5.73 Å². The van der Waals surface area contributed by atoms with E-state index in [2.05, 4.69) is 0 Å². The van der Waals surface area contributed by atoms with Gasteiger partial charge in [-0.05, 0) is 24.3 Å². The van der Waals surface area contributed by atoms with Crippen molar-refractivity contribution < 1.29 is 22.4 Å². The molecule has 0 aliphatic carbocycles. The highest BCUT2D eigenvalue weighted by atomic mass is 19.4. The third kappa shape index (κ3) is 4.33. The highest BCUT2D eigenvalue weighted by Gasteiger charge is 2.32. The van der Waals surface area contributed by atoms with Crippen LogP contribution in [0.3, 0.4) is 0 Å². The van der Waals surface area contributed by atoms with Crippen molar-refractivity contribution in [3.63, 3.8) is 0 Å². The molecule has 0 aliphatic rings. The van der Waals surface area contributed by atoms with Crippen molar-refractivity contribution in [2.45, 2.75) is 6.18 Å². The average Bonchev–Trinajstić information content (AvgIpc) is 2.27. The van der Waals surface area contributed by atoms with E-state index in [-0.39, 0.29) is 18.7 Å². The second-order valence-electron chi connectivity index (χ2n) is 3.64. The first-order chi connectivity index (χ1) is 8.33. The summed E-state index contributed by atoms with van der Waals surface area (Å²) in [7, 11) is 0. The molecule has 0 aromatic heterocycles. The predicted octanol–water partition coefficient (Wildman–Crippen LogP) is 1.79. The van der Waals surface area contributed by atoms with E-state index in [0.717, 1.165) is 24.3 Å². The predicted molar refractivity (Wildman–Crippen MR) is 57.4 cm³/mol. The molecule has 18 heavy (non-hydrogen) atoms. The quantitative estimate of drug-likeness (QED) is 0.843. The summed E-state index contributed by atoms with van der Waals surface area (Å²) in [6.07, 6.45) is -4.50. The van der Waals surface area contributed by atoms with Gasteiger partial charge in [0.05, 0.1) is 0 Å². The van der Waals surface area contributed by atoms with Crippen LogP contribution in [0.1, 0.15) is 10.4 Å². The van der Waals surface area contributed by atoms with E-state index in [1.54, 1.807) is 0 Å². The molecule has 0 heterocycles. The van der Waals surface area contributed by atoms with Crippen LogP contribution in [0.15, 0.2) is 24.3 Å². The Balaban J connectivity index is 2.85. The van der Waals surface area contributed by atoms with Crippen molar-refractivity contribution in [3.8, 4) is 0 Å². The lowest BCUT2D eigenvalue weighted by molar-refractivity contribution is -0.140. The molecular weight excluding hydrogens is 252 g/mol. The van der Waals surface area contributed by atoms with Gasteiger partial charge in [-0.2, -0.15) is 13.2 Å². The van der Waals surface area contributed by atoms with Crippen LogP contribution in [0.5, 0.6) is 0 Å². The molecule has 0 radical (unpaired) electrons. The van der Waals surface area contributed by atoms with Crippen LogP contribution in [-0.4, -0.2) is 36.6 Å². The van der Waals surface area contributed by atoms with Gasteiger partial charge in [0, 0.05) is 18.7 Å². The van der Waals surface area contributed by atoms with Crippen molar-refractivity contribution in [3.05, 3.63) is 35.6 Å². The molecule has 0 aliphatic heterocycles. The molecule has 2 N–H and O–H groups in total. The maximum absolute atomic E-state index is 12.6. The summed E-state index contributed by atoms with van der Waals surface area (Å²) in [5, 5.41) is 0. The van der Waals surface area contributed by atoms with Crippen LogP contribution >= 0.6 is 0 Å². The van der Waals surface area contributed by atoms with Crippen molar-refractivity contribution in [1.82, 2.24) is 4.90 Å². The second-order valence-corrected chi connectivity index (χ2v) is 3.64. The van der Waals surface area contributed by atoms with E-state index < -0.39 is 24.4 Å². The fraction of sp³-hybridized carbons (Fsp3) is 0.364. The zero-order valence-corrected chi connectivity index (χ0v) is 9.38. The topological polar surface area (TPSA) is 46.3 Å². The number of amides is 1. The number of rotatable bonds is 4. The molecule has 1 rings (SSSR count). The molecule has 1 aromatic rings. The Labute approximate surface area is 101 Å². The summed E-state index contributed by atoms with van der Waals surface area (Å²) < 4.78 is 49.5. The molecular formula is C11H12F4N2O. The number of nitrogens with two attached hydrogens (primary N) is 1. The molecule has 0 fully saturated rings. The highest BCUT2D eigenvalue weighted by Crippen LogP contribution is 2.18. The number of carbonyl (C=O) groups excluding carboxylic acids is 1. The number of benzene rings is 1. The Bertz CT molecular complexity index is 402. The zero-order chi connectivity index (χ0) is 13.8. The van der Waals surface area contributed by atoms with Gasteiger partial charge < -0.3 is 10.6 Å². The second kappa shape index (κ2) is 5.81. The minimum atomic E-state index is -4.50. The fourth-order valence-corrected chi connectivity index (χ4v) is 1.40. The summed E-state index contributed by atoms with van der Waals surface area (Å²) in [5.41, 5.74) is 5.16. The maximum Gasteiger partial charge on any atom is 0.406 e. The summed E-state index contributed by atoms with van der Waals surface area (Å²) >= 11 is 0.